The number of amides is 2. The van der Waals surface area contributed by atoms with Crippen molar-refractivity contribution in [3.8, 4) is 11.1 Å². The summed E-state index contributed by atoms with van der Waals surface area (Å²) < 4.78 is 3.78. The van der Waals surface area contributed by atoms with Gasteiger partial charge in [-0.25, -0.2) is 9.97 Å². The summed E-state index contributed by atoms with van der Waals surface area (Å²) in [6, 6.07) is 11.2. The molecule has 2 aromatic heterocycles. The van der Waals surface area contributed by atoms with E-state index in [0.29, 0.717) is 34.6 Å². The van der Waals surface area contributed by atoms with Crippen LogP contribution in [0.5, 0.6) is 0 Å². The van der Waals surface area contributed by atoms with Crippen LogP contribution in [0.3, 0.4) is 0 Å². The fourth-order valence-corrected chi connectivity index (χ4v) is 9.72. The van der Waals surface area contributed by atoms with E-state index in [1.165, 1.54) is 0 Å². The SMILES string of the molecule is Cc1c(NC(=O)c2nc3c(n2C)CCN(C)C3)cccc1-c1cccc(NC(=O)c2nc3c(n2C)CCN(CCC24CCC(C(=O)O)(CC2)C4)C3)c1Cl. The first-order chi connectivity index (χ1) is 25.4. The number of carboxylic acids is 1. The van der Waals surface area contributed by atoms with Crippen LogP contribution in [0.15, 0.2) is 36.4 Å². The Labute approximate surface area is 314 Å². The minimum atomic E-state index is -0.621. The van der Waals surface area contributed by atoms with E-state index < -0.39 is 11.4 Å². The lowest BCUT2D eigenvalue weighted by atomic mass is 9.80. The number of nitrogens with one attached hydrogen (secondary N) is 2. The Balaban J connectivity index is 0.950. The number of fused-ring (bicyclic) bond motifs is 4. The number of carboxylic acid groups (broad SMARTS) is 1. The Morgan fingerprint density at radius 3 is 2.04 bits per heavy atom. The fraction of sp³-hybridized carbons (Fsp3) is 0.475. The van der Waals surface area contributed by atoms with E-state index in [9.17, 15) is 19.5 Å². The molecule has 4 heterocycles. The topological polar surface area (TPSA) is 138 Å². The van der Waals surface area contributed by atoms with Crippen LogP contribution in [0.1, 0.15) is 88.1 Å². The Morgan fingerprint density at radius 1 is 0.811 bits per heavy atom. The van der Waals surface area contributed by atoms with E-state index in [-0.39, 0.29) is 17.2 Å². The molecule has 0 unspecified atom stereocenters. The maximum Gasteiger partial charge on any atom is 0.309 e. The number of hydrogen-bond donors (Lipinski definition) is 3. The van der Waals surface area contributed by atoms with E-state index in [2.05, 4.69) is 32.5 Å². The van der Waals surface area contributed by atoms with Gasteiger partial charge in [-0.05, 0) is 87.7 Å². The number of anilines is 2. The minimum Gasteiger partial charge on any atom is -0.481 e. The second kappa shape index (κ2) is 13.4. The number of rotatable bonds is 9. The van der Waals surface area contributed by atoms with Crippen molar-refractivity contribution < 1.29 is 19.5 Å². The second-order valence-electron chi connectivity index (χ2n) is 15.9. The number of carbonyl (C=O) groups is 3. The number of aromatic nitrogens is 4. The van der Waals surface area contributed by atoms with E-state index in [4.69, 9.17) is 16.6 Å². The number of benzene rings is 2. The summed E-state index contributed by atoms with van der Waals surface area (Å²) in [6.07, 6.45) is 7.06. The summed E-state index contributed by atoms with van der Waals surface area (Å²) in [5.41, 5.74) is 7.18. The Kier molecular flexibility index (Phi) is 8.98. The van der Waals surface area contributed by atoms with Gasteiger partial charge in [0.05, 0.1) is 27.5 Å². The Bertz CT molecular complexity index is 2150. The number of likely N-dealkylation sites (N-methyl/N-ethyl adjacent to an activating group) is 1. The zero-order valence-corrected chi connectivity index (χ0v) is 31.6. The number of carbonyl (C=O) groups excluding carboxylic acids is 2. The summed E-state index contributed by atoms with van der Waals surface area (Å²) in [5, 5.41) is 16.3. The van der Waals surface area contributed by atoms with Crippen molar-refractivity contribution in [2.24, 2.45) is 24.9 Å². The van der Waals surface area contributed by atoms with E-state index in [1.807, 2.05) is 60.5 Å². The highest BCUT2D eigenvalue weighted by Crippen LogP contribution is 2.63. The molecule has 0 saturated heterocycles. The van der Waals surface area contributed by atoms with Gasteiger partial charge in [0, 0.05) is 75.8 Å². The molecule has 2 fully saturated rings. The number of hydrogen-bond acceptors (Lipinski definition) is 7. The van der Waals surface area contributed by atoms with Crippen molar-refractivity contribution >= 4 is 40.8 Å². The zero-order valence-electron chi connectivity index (χ0n) is 30.9. The summed E-state index contributed by atoms with van der Waals surface area (Å²) in [5.74, 6) is -0.516. The molecular formula is C40H47ClN8O4. The Morgan fingerprint density at radius 2 is 1.40 bits per heavy atom. The maximum atomic E-state index is 13.7. The van der Waals surface area contributed by atoms with Gasteiger partial charge in [-0.1, -0.05) is 35.9 Å². The number of aliphatic carboxylic acids is 1. The van der Waals surface area contributed by atoms with Gasteiger partial charge >= 0.3 is 5.97 Å². The molecule has 4 aromatic rings. The van der Waals surface area contributed by atoms with Crippen LogP contribution in [0.2, 0.25) is 5.02 Å². The summed E-state index contributed by atoms with van der Waals surface area (Å²) in [4.78, 5) is 53.2. The molecule has 278 valence electrons. The van der Waals surface area contributed by atoms with Gasteiger partial charge in [-0.3, -0.25) is 19.3 Å². The van der Waals surface area contributed by atoms with Crippen LogP contribution in [-0.4, -0.2) is 78.5 Å². The first-order valence-corrected chi connectivity index (χ1v) is 19.0. The molecule has 8 rings (SSSR count). The first kappa shape index (κ1) is 35.5. The normalized spacial score (nSPS) is 22.4. The van der Waals surface area contributed by atoms with Crippen molar-refractivity contribution in [3.05, 3.63) is 81.4 Å². The predicted molar refractivity (Wildman–Crippen MR) is 203 cm³/mol. The van der Waals surface area contributed by atoms with Gasteiger partial charge in [0.2, 0.25) is 0 Å². The predicted octanol–water partition coefficient (Wildman–Crippen LogP) is 6.06. The van der Waals surface area contributed by atoms with Gasteiger partial charge < -0.3 is 29.8 Å². The molecule has 3 N–H and O–H groups in total. The van der Waals surface area contributed by atoms with Crippen LogP contribution in [-0.2, 0) is 44.8 Å². The summed E-state index contributed by atoms with van der Waals surface area (Å²) in [6.45, 7) is 6.04. The molecule has 2 saturated carbocycles. The highest BCUT2D eigenvalue weighted by Gasteiger charge is 2.57. The molecule has 2 aliphatic heterocycles. The average Bonchev–Trinajstić information content (AvgIpc) is 3.89. The third-order valence-electron chi connectivity index (χ3n) is 12.7. The van der Waals surface area contributed by atoms with Crippen molar-refractivity contribution in [2.45, 2.75) is 71.4 Å². The van der Waals surface area contributed by atoms with Crippen LogP contribution in [0, 0.1) is 17.8 Å². The molecule has 2 amide bonds. The lowest BCUT2D eigenvalue weighted by Gasteiger charge is -2.32. The molecule has 2 bridgehead atoms. The molecule has 4 aliphatic rings. The average molecular weight is 739 g/mol. The monoisotopic (exact) mass is 738 g/mol. The fourth-order valence-electron chi connectivity index (χ4n) is 9.45. The highest BCUT2D eigenvalue weighted by atomic mass is 35.5. The number of imidazole rings is 2. The van der Waals surface area contributed by atoms with Crippen molar-refractivity contribution in [1.82, 2.24) is 28.9 Å². The third kappa shape index (κ3) is 6.24. The zero-order chi connectivity index (χ0) is 37.2. The molecule has 53 heavy (non-hydrogen) atoms. The third-order valence-corrected chi connectivity index (χ3v) is 13.1. The lowest BCUT2D eigenvalue weighted by Crippen LogP contribution is -2.34. The minimum absolute atomic E-state index is 0.145. The summed E-state index contributed by atoms with van der Waals surface area (Å²) in [7, 11) is 5.83. The Hall–Kier alpha value is -4.52. The quantitative estimate of drug-likeness (QED) is 0.189. The molecule has 13 heteroatoms. The van der Waals surface area contributed by atoms with E-state index in [0.717, 1.165) is 117 Å². The lowest BCUT2D eigenvalue weighted by molar-refractivity contribution is -0.148. The molecule has 0 atom stereocenters. The summed E-state index contributed by atoms with van der Waals surface area (Å²) >= 11 is 7.01. The first-order valence-electron chi connectivity index (χ1n) is 18.6. The van der Waals surface area contributed by atoms with Crippen molar-refractivity contribution in [2.75, 3.05) is 37.3 Å². The highest BCUT2D eigenvalue weighted by molar-refractivity contribution is 6.36. The molecule has 0 spiro atoms. The number of halogens is 1. The second-order valence-corrected chi connectivity index (χ2v) is 16.2. The van der Waals surface area contributed by atoms with Gasteiger partial charge in [-0.2, -0.15) is 0 Å². The molecule has 12 nitrogen and oxygen atoms in total. The van der Waals surface area contributed by atoms with E-state index in [1.54, 1.807) is 6.07 Å². The van der Waals surface area contributed by atoms with Crippen LogP contribution >= 0.6 is 11.6 Å². The molecule has 0 radical (unpaired) electrons. The maximum absolute atomic E-state index is 13.7. The molecule has 2 aliphatic carbocycles. The molecule has 2 aromatic carbocycles. The van der Waals surface area contributed by atoms with Crippen LogP contribution in [0.25, 0.3) is 11.1 Å². The van der Waals surface area contributed by atoms with Crippen molar-refractivity contribution in [3.63, 3.8) is 0 Å². The van der Waals surface area contributed by atoms with Gasteiger partial charge in [0.25, 0.3) is 11.8 Å². The van der Waals surface area contributed by atoms with Crippen LogP contribution < -0.4 is 10.6 Å². The van der Waals surface area contributed by atoms with Gasteiger partial charge in [0.1, 0.15) is 0 Å². The number of nitrogens with zero attached hydrogens (tertiary/aromatic N) is 6. The smallest absolute Gasteiger partial charge is 0.309 e. The van der Waals surface area contributed by atoms with Crippen molar-refractivity contribution in [1.29, 1.82) is 0 Å². The van der Waals surface area contributed by atoms with Gasteiger partial charge in [0.15, 0.2) is 11.6 Å². The standard InChI is InChI=1S/C40H47ClN8O4/c1-24-25(7-5-9-27(24)44-36(50)34-42-29-21-46(2)18-11-31(29)47(34)3)26-8-6-10-28(33(26)41)45-37(51)35-43-30-22-49(19-12-32(30)48(35)4)20-17-39-13-15-40(23-39,16-14-39)38(52)53/h5-10H,11-23H2,1-4H3,(H,44,50)(H,45,51)(H,52,53). The van der Waals surface area contributed by atoms with Crippen LogP contribution in [0.4, 0.5) is 11.4 Å². The van der Waals surface area contributed by atoms with E-state index >= 15 is 0 Å². The van der Waals surface area contributed by atoms with Gasteiger partial charge in [-0.15, -0.1) is 0 Å². The molecular weight excluding hydrogens is 692 g/mol. The largest absolute Gasteiger partial charge is 0.481 e.